The van der Waals surface area contributed by atoms with Crippen LogP contribution < -0.4 is 0 Å². The molecule has 7 rings (SSSR count). The molecule has 1 fully saturated rings. The number of fused-ring (bicyclic) bond motifs is 2. The van der Waals surface area contributed by atoms with E-state index >= 15 is 0 Å². The van der Waals surface area contributed by atoms with E-state index in [4.69, 9.17) is 14.4 Å². The number of carboxylic acids is 1. The van der Waals surface area contributed by atoms with E-state index in [1.807, 2.05) is 48.2 Å². The average molecular weight is 675 g/mol. The molecular weight excluding hydrogens is 637 g/mol. The molecule has 0 radical (unpaired) electrons. The summed E-state index contributed by atoms with van der Waals surface area (Å²) < 4.78 is 6.27. The maximum atomic E-state index is 12.7. The van der Waals surface area contributed by atoms with Gasteiger partial charge in [-0.3, -0.25) is 14.5 Å². The summed E-state index contributed by atoms with van der Waals surface area (Å²) in [4.78, 5) is 41.2. The van der Waals surface area contributed by atoms with E-state index in [2.05, 4.69) is 49.1 Å². The van der Waals surface area contributed by atoms with Crippen LogP contribution in [0.2, 0.25) is 0 Å². The zero-order valence-corrected chi connectivity index (χ0v) is 28.9. The Morgan fingerprint density at radius 2 is 1.76 bits per heavy atom. The minimum absolute atomic E-state index is 0.162. The van der Waals surface area contributed by atoms with E-state index in [9.17, 15) is 20.0 Å². The zero-order valence-electron chi connectivity index (χ0n) is 28.1. The molecule has 2 aliphatic rings. The molecule has 2 aliphatic heterocycles. The Kier molecular flexibility index (Phi) is 8.79. The molecule has 250 valence electrons. The lowest BCUT2D eigenvalue weighted by molar-refractivity contribution is -0.141. The maximum Gasteiger partial charge on any atom is 0.307 e. The number of aromatic nitrogens is 2. The van der Waals surface area contributed by atoms with Crippen LogP contribution in [0.1, 0.15) is 45.7 Å². The first-order valence-corrected chi connectivity index (χ1v) is 17.3. The van der Waals surface area contributed by atoms with Crippen molar-refractivity contribution in [3.63, 3.8) is 0 Å². The Bertz CT molecular complexity index is 2120. The summed E-state index contributed by atoms with van der Waals surface area (Å²) in [7, 11) is 3.95. The van der Waals surface area contributed by atoms with Crippen LogP contribution in [0.3, 0.4) is 0 Å². The summed E-state index contributed by atoms with van der Waals surface area (Å²) in [5.41, 5.74) is 9.57. The number of benzene rings is 3. The first-order chi connectivity index (χ1) is 23.6. The van der Waals surface area contributed by atoms with Gasteiger partial charge in [0.25, 0.3) is 0 Å². The number of hydrogen-bond acceptors (Lipinski definition) is 9. The minimum Gasteiger partial charge on any atom is -0.481 e. The van der Waals surface area contributed by atoms with Crippen molar-refractivity contribution < 1.29 is 19.1 Å². The van der Waals surface area contributed by atoms with E-state index < -0.39 is 5.97 Å². The van der Waals surface area contributed by atoms with Crippen LogP contribution in [-0.4, -0.2) is 75.4 Å². The van der Waals surface area contributed by atoms with Gasteiger partial charge < -0.3 is 19.3 Å². The summed E-state index contributed by atoms with van der Waals surface area (Å²) >= 11 is 1.67. The number of hydrogen-bond donors (Lipinski definition) is 1. The lowest BCUT2D eigenvalue weighted by Gasteiger charge is -2.17. The molecule has 3 aromatic carbocycles. The number of nitriles is 1. The molecule has 10 nitrogen and oxygen atoms in total. The van der Waals surface area contributed by atoms with Gasteiger partial charge in [0, 0.05) is 42.1 Å². The smallest absolute Gasteiger partial charge is 0.307 e. The number of oxazole rings is 1. The van der Waals surface area contributed by atoms with E-state index in [0.717, 1.165) is 61.1 Å². The Morgan fingerprint density at radius 3 is 2.43 bits per heavy atom. The number of aliphatic carboxylic acids is 1. The molecule has 49 heavy (non-hydrogen) atoms. The first-order valence-electron chi connectivity index (χ1n) is 16.5. The number of carboxylic acid groups (broad SMARTS) is 1. The van der Waals surface area contributed by atoms with E-state index in [1.54, 1.807) is 11.3 Å². The van der Waals surface area contributed by atoms with Gasteiger partial charge in [0.2, 0.25) is 11.8 Å². The van der Waals surface area contributed by atoms with Crippen molar-refractivity contribution in [3.8, 4) is 39.2 Å². The standard InChI is InChI=1S/C38H38N6O4S/c1-22-27(28-8-6-10-30(23(28)2)37-41-32-20-44(21-33(32)49-37)34(45)12-13-42(3)4)7-5-9-29(22)36-40-31-16-24(15-26(17-39)35(31)48-36)18-43-14-11-25(19-43)38(46)47/h5-10,15-16,25H,11-14,18-21H2,1-4H3,(H,46,47). The number of rotatable bonds is 9. The zero-order chi connectivity index (χ0) is 34.4. The van der Waals surface area contributed by atoms with Crippen molar-refractivity contribution in [1.82, 2.24) is 24.7 Å². The highest BCUT2D eigenvalue weighted by molar-refractivity contribution is 7.15. The lowest BCUT2D eigenvalue weighted by Crippen LogP contribution is -2.28. The lowest BCUT2D eigenvalue weighted by atomic mass is 9.91. The Labute approximate surface area is 289 Å². The van der Waals surface area contributed by atoms with Crippen LogP contribution in [0.15, 0.2) is 52.9 Å². The molecule has 1 amide bonds. The van der Waals surface area contributed by atoms with Crippen molar-refractivity contribution >= 4 is 34.3 Å². The molecule has 1 unspecified atom stereocenters. The molecule has 4 heterocycles. The molecule has 5 aromatic rings. The summed E-state index contributed by atoms with van der Waals surface area (Å²) in [5.74, 6) is -0.514. The normalized spacial score (nSPS) is 16.1. The largest absolute Gasteiger partial charge is 0.481 e. The van der Waals surface area contributed by atoms with Crippen LogP contribution in [0, 0.1) is 31.1 Å². The molecule has 0 saturated carbocycles. The summed E-state index contributed by atoms with van der Waals surface area (Å²) in [6, 6.07) is 18.4. The van der Waals surface area contributed by atoms with E-state index in [0.29, 0.717) is 68.1 Å². The quantitative estimate of drug-likeness (QED) is 0.187. The van der Waals surface area contributed by atoms with Crippen LogP contribution in [0.25, 0.3) is 44.3 Å². The highest BCUT2D eigenvalue weighted by Gasteiger charge is 2.29. The molecule has 1 N–H and O–H groups in total. The fourth-order valence-corrected chi connectivity index (χ4v) is 8.11. The highest BCUT2D eigenvalue weighted by atomic mass is 32.1. The van der Waals surface area contributed by atoms with E-state index in [-0.39, 0.29) is 11.8 Å². The van der Waals surface area contributed by atoms with Gasteiger partial charge in [-0.15, -0.1) is 11.3 Å². The third kappa shape index (κ3) is 6.35. The predicted molar refractivity (Wildman–Crippen MR) is 189 cm³/mol. The fraction of sp³-hybridized carbons (Fsp3) is 0.342. The fourth-order valence-electron chi connectivity index (χ4n) is 6.94. The van der Waals surface area contributed by atoms with Gasteiger partial charge in [-0.05, 0) is 86.9 Å². The topological polar surface area (TPSA) is 127 Å². The summed E-state index contributed by atoms with van der Waals surface area (Å²) in [6.07, 6.45) is 1.13. The van der Waals surface area contributed by atoms with Gasteiger partial charge in [0.15, 0.2) is 5.58 Å². The SMILES string of the molecule is Cc1c(-c2nc3cc(CN4CCC(C(=O)O)C4)cc(C#N)c3o2)cccc1-c1cccc(-c2nc3c(s2)CN(C(=O)CCN(C)C)C3)c1C. The maximum absolute atomic E-state index is 12.7. The molecule has 2 aromatic heterocycles. The molecule has 1 atom stereocenters. The van der Waals surface area contributed by atoms with Gasteiger partial charge in [-0.2, -0.15) is 5.26 Å². The number of nitrogens with zero attached hydrogens (tertiary/aromatic N) is 6. The van der Waals surface area contributed by atoms with Crippen LogP contribution in [0.5, 0.6) is 0 Å². The van der Waals surface area contributed by atoms with Crippen molar-refractivity contribution in [2.45, 2.75) is 46.3 Å². The van der Waals surface area contributed by atoms with Gasteiger partial charge in [-0.25, -0.2) is 9.97 Å². The number of likely N-dealkylation sites (tertiary alicyclic amines) is 1. The second-order valence-corrected chi connectivity index (χ2v) is 14.4. The van der Waals surface area contributed by atoms with Gasteiger partial charge >= 0.3 is 5.97 Å². The summed E-state index contributed by atoms with van der Waals surface area (Å²) in [5, 5.41) is 20.3. The average Bonchev–Trinajstić information content (AvgIpc) is 3.87. The molecular formula is C38H38N6O4S. The first kappa shape index (κ1) is 32.6. The monoisotopic (exact) mass is 674 g/mol. The van der Waals surface area contributed by atoms with Crippen molar-refractivity contribution in [2.24, 2.45) is 5.92 Å². The van der Waals surface area contributed by atoms with Crippen LogP contribution in [-0.2, 0) is 29.2 Å². The number of thiazole rings is 1. The van der Waals surface area contributed by atoms with Gasteiger partial charge in [0.05, 0.1) is 30.3 Å². The minimum atomic E-state index is -0.764. The van der Waals surface area contributed by atoms with Crippen molar-refractivity contribution in [1.29, 1.82) is 5.26 Å². The predicted octanol–water partition coefficient (Wildman–Crippen LogP) is 6.47. The third-order valence-corrected chi connectivity index (χ3v) is 10.8. The number of carbonyl (C=O) groups excluding carboxylic acids is 1. The highest BCUT2D eigenvalue weighted by Crippen LogP contribution is 2.40. The summed E-state index contributed by atoms with van der Waals surface area (Å²) in [6.45, 7) is 7.84. The van der Waals surface area contributed by atoms with Crippen LogP contribution in [0.4, 0.5) is 0 Å². The molecule has 0 bridgehead atoms. The van der Waals surface area contributed by atoms with Crippen LogP contribution >= 0.6 is 11.3 Å². The van der Waals surface area contributed by atoms with Gasteiger partial charge in [-0.1, -0.05) is 30.3 Å². The molecule has 1 saturated heterocycles. The Hall–Kier alpha value is -4.89. The molecule has 0 spiro atoms. The Morgan fingerprint density at radius 1 is 1.04 bits per heavy atom. The molecule has 11 heteroatoms. The van der Waals surface area contributed by atoms with Gasteiger partial charge in [0.1, 0.15) is 16.6 Å². The second kappa shape index (κ2) is 13.2. The second-order valence-electron chi connectivity index (χ2n) is 13.3. The Balaban J connectivity index is 1.15. The number of carbonyl (C=O) groups is 2. The van der Waals surface area contributed by atoms with Crippen molar-refractivity contribution in [3.05, 3.63) is 81.4 Å². The van der Waals surface area contributed by atoms with E-state index in [1.165, 1.54) is 0 Å². The third-order valence-electron chi connectivity index (χ3n) is 9.70. The van der Waals surface area contributed by atoms with Crippen molar-refractivity contribution in [2.75, 3.05) is 33.7 Å². The molecule has 0 aliphatic carbocycles. The number of amides is 1.